The summed E-state index contributed by atoms with van der Waals surface area (Å²) in [5, 5.41) is 13.2. The van der Waals surface area contributed by atoms with Crippen molar-refractivity contribution in [2.24, 2.45) is 0 Å². The highest BCUT2D eigenvalue weighted by Gasteiger charge is 2.11. The molecule has 1 N–H and O–H groups in total. The van der Waals surface area contributed by atoms with Gasteiger partial charge in [-0.2, -0.15) is 0 Å². The lowest BCUT2D eigenvalue weighted by atomic mass is 10.1. The van der Waals surface area contributed by atoms with Gasteiger partial charge in [-0.15, -0.1) is 11.3 Å². The van der Waals surface area contributed by atoms with E-state index < -0.39 is 6.10 Å². The number of hydrogen-bond acceptors (Lipinski definition) is 2. The van der Waals surface area contributed by atoms with E-state index in [1.165, 1.54) is 11.3 Å². The molecule has 1 nitrogen and oxygen atoms in total. The van der Waals surface area contributed by atoms with Crippen LogP contribution in [0, 0.1) is 0 Å². The van der Waals surface area contributed by atoms with Crippen molar-refractivity contribution >= 4 is 34.5 Å². The van der Waals surface area contributed by atoms with Crippen LogP contribution in [0.3, 0.4) is 0 Å². The lowest BCUT2D eigenvalue weighted by Crippen LogP contribution is -2.00. The lowest BCUT2D eigenvalue weighted by molar-refractivity contribution is 0.182. The van der Waals surface area contributed by atoms with Crippen molar-refractivity contribution < 1.29 is 5.11 Å². The molecule has 0 aliphatic rings. The second-order valence-electron chi connectivity index (χ2n) is 3.47. The molecule has 1 aromatic heterocycles. The van der Waals surface area contributed by atoms with Gasteiger partial charge in [0.2, 0.25) is 0 Å². The molecule has 4 heteroatoms. The Bertz CT molecular complexity index is 468. The second-order valence-corrected chi connectivity index (χ2v) is 5.29. The zero-order chi connectivity index (χ0) is 11.5. The largest absolute Gasteiger partial charge is 0.387 e. The minimum absolute atomic E-state index is 0.486. The molecular weight excluding hydrogens is 263 g/mol. The van der Waals surface area contributed by atoms with E-state index >= 15 is 0 Å². The number of hydrogen-bond donors (Lipinski definition) is 1. The molecule has 0 radical (unpaired) electrons. The van der Waals surface area contributed by atoms with Gasteiger partial charge in [0.05, 0.1) is 6.10 Å². The molecule has 84 valence electrons. The van der Waals surface area contributed by atoms with Crippen molar-refractivity contribution in [3.05, 3.63) is 56.2 Å². The average Bonchev–Trinajstić information content (AvgIpc) is 2.76. The molecule has 0 spiro atoms. The van der Waals surface area contributed by atoms with Crippen LogP contribution in [-0.4, -0.2) is 5.11 Å². The average molecular weight is 273 g/mol. The summed E-state index contributed by atoms with van der Waals surface area (Å²) in [6.45, 7) is 0. The van der Waals surface area contributed by atoms with E-state index in [1.54, 1.807) is 18.2 Å². The molecule has 1 aromatic carbocycles. The highest BCUT2D eigenvalue weighted by Crippen LogP contribution is 2.27. The Balaban J connectivity index is 2.17. The molecule has 0 aliphatic heterocycles. The van der Waals surface area contributed by atoms with E-state index in [0.29, 0.717) is 16.5 Å². The molecule has 16 heavy (non-hydrogen) atoms. The topological polar surface area (TPSA) is 20.2 Å². The quantitative estimate of drug-likeness (QED) is 0.882. The molecule has 2 rings (SSSR count). The Morgan fingerprint density at radius 3 is 2.75 bits per heavy atom. The first-order chi connectivity index (χ1) is 7.66. The van der Waals surface area contributed by atoms with E-state index in [2.05, 4.69) is 0 Å². The first-order valence-electron chi connectivity index (χ1n) is 4.82. The van der Waals surface area contributed by atoms with E-state index in [1.807, 2.05) is 17.5 Å². The van der Waals surface area contributed by atoms with Gasteiger partial charge in [-0.3, -0.25) is 0 Å². The standard InChI is InChI=1S/C12H10Cl2OS/c13-9-3-4-10(14)8(6-9)7-11(15)12-2-1-5-16-12/h1-6,11,15H,7H2. The molecule has 0 bridgehead atoms. The van der Waals surface area contributed by atoms with Crippen LogP contribution in [0.25, 0.3) is 0 Å². The van der Waals surface area contributed by atoms with Gasteiger partial charge in [-0.25, -0.2) is 0 Å². The number of rotatable bonds is 3. The SMILES string of the molecule is OC(Cc1cc(Cl)ccc1Cl)c1cccs1. The minimum atomic E-state index is -0.518. The van der Waals surface area contributed by atoms with Crippen molar-refractivity contribution in [3.8, 4) is 0 Å². The molecule has 0 amide bonds. The Hall–Kier alpha value is -0.540. The van der Waals surface area contributed by atoms with Gasteiger partial charge >= 0.3 is 0 Å². The predicted octanol–water partition coefficient (Wildman–Crippen LogP) is 4.33. The highest BCUT2D eigenvalue weighted by atomic mass is 35.5. The third-order valence-corrected chi connectivity index (χ3v) is 3.87. The Morgan fingerprint density at radius 1 is 1.25 bits per heavy atom. The normalized spacial score (nSPS) is 12.7. The van der Waals surface area contributed by atoms with Gasteiger partial charge in [0.25, 0.3) is 0 Å². The first kappa shape index (κ1) is 11.9. The summed E-state index contributed by atoms with van der Waals surface area (Å²) in [4.78, 5) is 0.941. The van der Waals surface area contributed by atoms with Crippen molar-refractivity contribution in [2.75, 3.05) is 0 Å². The van der Waals surface area contributed by atoms with Crippen molar-refractivity contribution in [3.63, 3.8) is 0 Å². The van der Waals surface area contributed by atoms with Gasteiger partial charge < -0.3 is 5.11 Å². The molecule has 1 unspecified atom stereocenters. The van der Waals surface area contributed by atoms with Crippen LogP contribution in [0.4, 0.5) is 0 Å². The maximum atomic E-state index is 9.99. The van der Waals surface area contributed by atoms with E-state index in [-0.39, 0.29) is 0 Å². The number of aliphatic hydroxyl groups is 1. The van der Waals surface area contributed by atoms with Gasteiger partial charge in [0, 0.05) is 21.3 Å². The fourth-order valence-electron chi connectivity index (χ4n) is 1.49. The zero-order valence-corrected chi connectivity index (χ0v) is 10.7. The maximum Gasteiger partial charge on any atom is 0.0922 e. The molecular formula is C12H10Cl2OS. The molecule has 2 aromatic rings. The predicted molar refractivity (Wildman–Crippen MR) is 69.4 cm³/mol. The summed E-state index contributed by atoms with van der Waals surface area (Å²) in [7, 11) is 0. The summed E-state index contributed by atoms with van der Waals surface area (Å²) < 4.78 is 0. The van der Waals surface area contributed by atoms with Crippen LogP contribution in [0.2, 0.25) is 10.0 Å². The van der Waals surface area contributed by atoms with E-state index in [9.17, 15) is 5.11 Å². The third kappa shape index (κ3) is 2.77. The smallest absolute Gasteiger partial charge is 0.0922 e. The van der Waals surface area contributed by atoms with Crippen LogP contribution in [-0.2, 0) is 6.42 Å². The minimum Gasteiger partial charge on any atom is -0.387 e. The van der Waals surface area contributed by atoms with Crippen LogP contribution < -0.4 is 0 Å². The highest BCUT2D eigenvalue weighted by molar-refractivity contribution is 7.10. The van der Waals surface area contributed by atoms with Gasteiger partial charge in [-0.1, -0.05) is 29.3 Å². The molecule has 0 saturated carbocycles. The fourth-order valence-corrected chi connectivity index (χ4v) is 2.59. The van der Waals surface area contributed by atoms with Crippen LogP contribution in [0.5, 0.6) is 0 Å². The van der Waals surface area contributed by atoms with Crippen LogP contribution in [0.15, 0.2) is 35.7 Å². The first-order valence-corrected chi connectivity index (χ1v) is 6.46. The van der Waals surface area contributed by atoms with Crippen LogP contribution >= 0.6 is 34.5 Å². The molecule has 0 saturated heterocycles. The summed E-state index contributed by atoms with van der Waals surface area (Å²) in [5.41, 5.74) is 0.870. The van der Waals surface area contributed by atoms with Crippen molar-refractivity contribution in [2.45, 2.75) is 12.5 Å². The second kappa shape index (κ2) is 5.19. The number of aliphatic hydroxyl groups excluding tert-OH is 1. The van der Waals surface area contributed by atoms with Crippen molar-refractivity contribution in [1.29, 1.82) is 0 Å². The number of halogens is 2. The summed E-state index contributed by atoms with van der Waals surface area (Å²) in [6.07, 6.45) is -0.0316. The molecule has 0 aliphatic carbocycles. The summed E-state index contributed by atoms with van der Waals surface area (Å²) in [5.74, 6) is 0. The maximum absolute atomic E-state index is 9.99. The zero-order valence-electron chi connectivity index (χ0n) is 8.36. The summed E-state index contributed by atoms with van der Waals surface area (Å²) >= 11 is 13.5. The van der Waals surface area contributed by atoms with E-state index in [0.717, 1.165) is 10.4 Å². The van der Waals surface area contributed by atoms with Crippen LogP contribution in [0.1, 0.15) is 16.5 Å². The van der Waals surface area contributed by atoms with Gasteiger partial charge in [0.1, 0.15) is 0 Å². The summed E-state index contributed by atoms with van der Waals surface area (Å²) in [6, 6.07) is 9.11. The number of benzene rings is 1. The van der Waals surface area contributed by atoms with Gasteiger partial charge in [0.15, 0.2) is 0 Å². The number of thiophene rings is 1. The third-order valence-electron chi connectivity index (χ3n) is 2.29. The fraction of sp³-hybridized carbons (Fsp3) is 0.167. The Morgan fingerprint density at radius 2 is 2.06 bits per heavy atom. The monoisotopic (exact) mass is 272 g/mol. The molecule has 1 atom stereocenters. The van der Waals surface area contributed by atoms with Crippen molar-refractivity contribution in [1.82, 2.24) is 0 Å². The Kier molecular flexibility index (Phi) is 3.87. The van der Waals surface area contributed by atoms with Gasteiger partial charge in [-0.05, 0) is 35.2 Å². The van der Waals surface area contributed by atoms with E-state index in [4.69, 9.17) is 23.2 Å². The lowest BCUT2D eigenvalue weighted by Gasteiger charge is -2.10. The molecule has 0 fully saturated rings. The Labute approximate surface area is 108 Å². The molecule has 1 heterocycles.